The van der Waals surface area contributed by atoms with Crippen LogP contribution in [0.15, 0.2) is 158 Å². The van der Waals surface area contributed by atoms with Gasteiger partial charge in [-0.2, -0.15) is 0 Å². The van der Waals surface area contributed by atoms with E-state index < -0.39 is 97.5 Å². The van der Waals surface area contributed by atoms with E-state index in [-0.39, 0.29) is 25.7 Å². The zero-order chi connectivity index (χ0) is 76.0. The highest BCUT2D eigenvalue weighted by molar-refractivity contribution is 7.47. The van der Waals surface area contributed by atoms with Crippen LogP contribution in [0.25, 0.3) is 0 Å². The molecular weight excluding hydrogens is 1350 g/mol. The fourth-order valence-electron chi connectivity index (χ4n) is 10.1. The highest BCUT2D eigenvalue weighted by Gasteiger charge is 2.30. The lowest BCUT2D eigenvalue weighted by Crippen LogP contribution is -2.30. The van der Waals surface area contributed by atoms with E-state index in [4.69, 9.17) is 37.0 Å². The SMILES string of the molecule is CC/C=C\C/C=C\C/C=C\C/C=C\C/C=C\CC(=O)OC(COC(=O)CCCCCCCC/C=C\C/C=C\C/C=C\C/C=C\CC)COP(=O)(O)OCC(O)COP(=O)(O)OCC(COC(=O)CCCCCCCCC/C=C\C/C=C\C/C=C\CC)OC(=O)CCCCCCC/C=C\CCCCCC. The number of rotatable bonds is 73. The van der Waals surface area contributed by atoms with E-state index in [0.29, 0.717) is 25.7 Å². The zero-order valence-corrected chi connectivity index (χ0v) is 66.4. The highest BCUT2D eigenvalue weighted by Crippen LogP contribution is 2.45. The van der Waals surface area contributed by atoms with Gasteiger partial charge in [-0.15, -0.1) is 0 Å². The van der Waals surface area contributed by atoms with Crippen molar-refractivity contribution in [2.75, 3.05) is 39.6 Å². The molecule has 0 saturated carbocycles. The number of hydrogen-bond acceptors (Lipinski definition) is 15. The van der Waals surface area contributed by atoms with Crippen molar-refractivity contribution >= 4 is 39.5 Å². The number of ether oxygens (including phenoxy) is 4. The van der Waals surface area contributed by atoms with Crippen molar-refractivity contribution in [1.82, 2.24) is 0 Å². The van der Waals surface area contributed by atoms with Crippen LogP contribution in [0.4, 0.5) is 0 Å². The van der Waals surface area contributed by atoms with Gasteiger partial charge in [0.25, 0.3) is 0 Å². The lowest BCUT2D eigenvalue weighted by molar-refractivity contribution is -0.161. The molecule has 3 N–H and O–H groups in total. The summed E-state index contributed by atoms with van der Waals surface area (Å²) in [5.41, 5.74) is 0. The lowest BCUT2D eigenvalue weighted by atomic mass is 10.1. The predicted molar refractivity (Wildman–Crippen MR) is 427 cm³/mol. The van der Waals surface area contributed by atoms with Crippen LogP contribution in [0, 0.1) is 0 Å². The van der Waals surface area contributed by atoms with Gasteiger partial charge in [0.2, 0.25) is 0 Å². The Labute approximate surface area is 629 Å². The van der Waals surface area contributed by atoms with Crippen LogP contribution < -0.4 is 0 Å². The summed E-state index contributed by atoms with van der Waals surface area (Å²) in [6, 6.07) is 0. The van der Waals surface area contributed by atoms with Crippen molar-refractivity contribution in [2.24, 2.45) is 0 Å². The molecule has 0 aliphatic heterocycles. The standard InChI is InChI=1S/C85H140O17P2/c1-5-9-13-17-21-25-29-33-36-38-39-41-44-47-50-54-58-62-66-70-83(88)96-76-81(102-85(90)72-68-64-60-56-52-48-42-35-31-27-23-19-15-11-7-3)78-100-104(93,94)98-74-79(86)73-97-103(91,92)99-77-80(101-84(89)71-67-63-59-55-51-45-32-28-24-20-16-12-8-4)75-95-82(87)69-65-61-57-53-49-46-43-40-37-34-30-26-22-18-14-10-6-2/h9-11,13-15,21-23,25-28,32-37,39,41-42,52,56,64,68,79-81,86H,5-8,12,16-20,24,29-31,38,40,43-51,53-55,57-63,65-67,69-78H2,1-4H3,(H,91,92)(H,93,94)/b13-9-,14-10-,15-11-,25-21-,26-22-,27-23-,32-28-,36-33-,37-34-,41-39-,42-35-,56-52-,68-64-. The van der Waals surface area contributed by atoms with Crippen molar-refractivity contribution in [3.05, 3.63) is 158 Å². The number of aliphatic hydroxyl groups excluding tert-OH is 1. The second-order valence-corrected chi connectivity index (χ2v) is 28.8. The first kappa shape index (κ1) is 98.7. The first-order chi connectivity index (χ1) is 50.7. The second-order valence-electron chi connectivity index (χ2n) is 25.9. The number of unbranched alkanes of at least 4 members (excludes halogenated alkanes) is 22. The molecule has 0 saturated heterocycles. The number of hydrogen-bond donors (Lipinski definition) is 3. The van der Waals surface area contributed by atoms with Crippen LogP contribution in [0.1, 0.15) is 297 Å². The maximum atomic E-state index is 13.1. The number of carbonyl (C=O) groups is 4. The predicted octanol–water partition coefficient (Wildman–Crippen LogP) is 23.2. The number of phosphoric acid groups is 2. The zero-order valence-electron chi connectivity index (χ0n) is 64.6. The summed E-state index contributed by atoms with van der Waals surface area (Å²) in [5, 5.41) is 10.6. The monoisotopic (exact) mass is 1490 g/mol. The van der Waals surface area contributed by atoms with Gasteiger partial charge in [-0.05, 0) is 148 Å². The minimum atomic E-state index is -5.01. The maximum Gasteiger partial charge on any atom is 0.472 e. The normalized spacial score (nSPS) is 14.7. The van der Waals surface area contributed by atoms with E-state index in [1.165, 1.54) is 25.7 Å². The molecule has 0 aromatic rings. The quantitative estimate of drug-likeness (QED) is 0.0169. The Morgan fingerprint density at radius 2 is 0.538 bits per heavy atom. The molecule has 0 spiro atoms. The second kappa shape index (κ2) is 75.9. The minimum absolute atomic E-state index is 0.0761. The van der Waals surface area contributed by atoms with Crippen molar-refractivity contribution < 1.29 is 80.2 Å². The Morgan fingerprint density at radius 3 is 0.865 bits per heavy atom. The average Bonchev–Trinajstić information content (AvgIpc) is 0.910. The number of aliphatic hydroxyl groups is 1. The number of allylic oxidation sites excluding steroid dienone is 25. The summed E-state index contributed by atoms with van der Waals surface area (Å²) in [6.07, 6.45) is 88.3. The number of phosphoric ester groups is 2. The fraction of sp³-hybridized carbons (Fsp3) is 0.647. The van der Waals surface area contributed by atoms with Crippen molar-refractivity contribution in [3.63, 3.8) is 0 Å². The number of carbonyl (C=O) groups excluding carboxylic acids is 4. The fourth-order valence-corrected chi connectivity index (χ4v) is 11.6. The molecule has 17 nitrogen and oxygen atoms in total. The molecule has 592 valence electrons. The summed E-state index contributed by atoms with van der Waals surface area (Å²) in [5.74, 6) is -2.36. The van der Waals surface area contributed by atoms with Gasteiger partial charge in [0, 0.05) is 19.3 Å². The Kier molecular flexibility index (Phi) is 72.0. The van der Waals surface area contributed by atoms with E-state index in [1.807, 2.05) is 12.2 Å². The third-order valence-corrected chi connectivity index (χ3v) is 17.9. The average molecular weight is 1500 g/mol. The summed E-state index contributed by atoms with van der Waals surface area (Å²) < 4.78 is 68.4. The highest BCUT2D eigenvalue weighted by atomic mass is 31.2. The number of esters is 4. The smallest absolute Gasteiger partial charge is 0.462 e. The lowest BCUT2D eigenvalue weighted by Gasteiger charge is -2.21. The van der Waals surface area contributed by atoms with E-state index >= 15 is 0 Å². The molecule has 0 aromatic heterocycles. The minimum Gasteiger partial charge on any atom is -0.462 e. The van der Waals surface area contributed by atoms with Crippen LogP contribution in [0.5, 0.6) is 0 Å². The molecule has 5 atom stereocenters. The van der Waals surface area contributed by atoms with E-state index in [1.54, 1.807) is 12.2 Å². The Hall–Kier alpha value is -5.32. The third-order valence-electron chi connectivity index (χ3n) is 16.0. The summed E-state index contributed by atoms with van der Waals surface area (Å²) >= 11 is 0. The van der Waals surface area contributed by atoms with E-state index in [0.717, 1.165) is 193 Å². The molecule has 0 heterocycles. The molecule has 104 heavy (non-hydrogen) atoms. The molecular formula is C85H140O17P2. The molecule has 0 aromatic carbocycles. The molecule has 5 unspecified atom stereocenters. The third kappa shape index (κ3) is 74.9. The van der Waals surface area contributed by atoms with Gasteiger partial charge in [0.1, 0.15) is 19.3 Å². The molecule has 0 rings (SSSR count). The molecule has 0 bridgehead atoms. The van der Waals surface area contributed by atoms with Crippen LogP contribution in [-0.4, -0.2) is 96.7 Å². The maximum absolute atomic E-state index is 13.1. The first-order valence-corrected chi connectivity index (χ1v) is 42.7. The van der Waals surface area contributed by atoms with Crippen LogP contribution in [0.3, 0.4) is 0 Å². The molecule has 0 aliphatic rings. The van der Waals surface area contributed by atoms with Gasteiger partial charge >= 0.3 is 39.5 Å². The summed E-state index contributed by atoms with van der Waals surface area (Å²) in [4.78, 5) is 72.9. The Balaban J connectivity index is 5.43. The summed E-state index contributed by atoms with van der Waals surface area (Å²) in [7, 11) is -10.0. The van der Waals surface area contributed by atoms with E-state index in [2.05, 4.69) is 161 Å². The largest absolute Gasteiger partial charge is 0.472 e. The van der Waals surface area contributed by atoms with Gasteiger partial charge in [-0.3, -0.25) is 37.3 Å². The molecule has 0 aliphatic carbocycles. The van der Waals surface area contributed by atoms with Gasteiger partial charge in [-0.1, -0.05) is 282 Å². The van der Waals surface area contributed by atoms with Gasteiger partial charge in [-0.25, -0.2) is 9.13 Å². The van der Waals surface area contributed by atoms with E-state index in [9.17, 15) is 43.2 Å². The molecule has 0 amide bonds. The molecule has 19 heteroatoms. The van der Waals surface area contributed by atoms with Crippen LogP contribution >= 0.6 is 15.6 Å². The van der Waals surface area contributed by atoms with Gasteiger partial charge in [0.05, 0.1) is 32.8 Å². The van der Waals surface area contributed by atoms with Crippen LogP contribution in [0.2, 0.25) is 0 Å². The van der Waals surface area contributed by atoms with Gasteiger partial charge < -0.3 is 33.8 Å². The van der Waals surface area contributed by atoms with Crippen molar-refractivity contribution in [1.29, 1.82) is 0 Å². The Bertz CT molecular complexity index is 2590. The van der Waals surface area contributed by atoms with Crippen molar-refractivity contribution in [2.45, 2.75) is 316 Å². The topological polar surface area (TPSA) is 237 Å². The van der Waals surface area contributed by atoms with Gasteiger partial charge in [0.15, 0.2) is 12.2 Å². The molecule has 0 radical (unpaired) electrons. The van der Waals surface area contributed by atoms with Crippen LogP contribution in [-0.2, 0) is 65.4 Å². The first-order valence-electron chi connectivity index (χ1n) is 39.7. The molecule has 0 fully saturated rings. The van der Waals surface area contributed by atoms with Crippen molar-refractivity contribution in [3.8, 4) is 0 Å². The summed E-state index contributed by atoms with van der Waals surface area (Å²) in [6.45, 7) is 4.37. The Morgan fingerprint density at radius 1 is 0.288 bits per heavy atom.